The van der Waals surface area contributed by atoms with Gasteiger partial charge in [0.2, 0.25) is 5.91 Å². The molecule has 0 bridgehead atoms. The van der Waals surface area contributed by atoms with Crippen LogP contribution in [-0.2, 0) is 4.79 Å². The van der Waals surface area contributed by atoms with Gasteiger partial charge in [0.05, 0.1) is 16.8 Å². The highest BCUT2D eigenvalue weighted by molar-refractivity contribution is 9.10. The van der Waals surface area contributed by atoms with Gasteiger partial charge in [0.25, 0.3) is 0 Å². The zero-order valence-electron chi connectivity index (χ0n) is 10.5. The first kappa shape index (κ1) is 12.0. The van der Waals surface area contributed by atoms with E-state index in [-0.39, 0.29) is 11.3 Å². The van der Waals surface area contributed by atoms with Crippen molar-refractivity contribution in [3.63, 3.8) is 0 Å². The molecule has 1 aromatic rings. The molecule has 1 saturated carbocycles. The second-order valence-electron chi connectivity index (χ2n) is 5.43. The lowest BCUT2D eigenvalue weighted by Gasteiger charge is -2.29. The summed E-state index contributed by atoms with van der Waals surface area (Å²) >= 11 is 3.53. The fraction of sp³-hybridized carbons (Fsp3) is 0.500. The van der Waals surface area contributed by atoms with Gasteiger partial charge in [-0.2, -0.15) is 0 Å². The summed E-state index contributed by atoms with van der Waals surface area (Å²) in [6.45, 7) is 0.822. The average Bonchev–Trinajstić information content (AvgIpc) is 2.77. The third kappa shape index (κ3) is 1.74. The molecule has 1 spiro atoms. The van der Waals surface area contributed by atoms with Gasteiger partial charge in [0.1, 0.15) is 0 Å². The van der Waals surface area contributed by atoms with Gasteiger partial charge >= 0.3 is 0 Å². The van der Waals surface area contributed by atoms with Crippen LogP contribution < -0.4 is 10.2 Å². The predicted molar refractivity (Wildman–Crippen MR) is 76.9 cm³/mol. The van der Waals surface area contributed by atoms with Crippen LogP contribution in [0.15, 0.2) is 22.7 Å². The standard InChI is InChI=1S/C14H17BrN2O/c1-17-9-14(7-2-3-8-14)13(18)16-12-10(15)5-4-6-11(12)17/h4-6H,2-3,7-9H2,1H3,(H,16,18). The molecular formula is C14H17BrN2O. The van der Waals surface area contributed by atoms with Crippen molar-refractivity contribution in [1.82, 2.24) is 0 Å². The van der Waals surface area contributed by atoms with E-state index >= 15 is 0 Å². The Bertz CT molecular complexity index is 495. The third-order valence-corrected chi connectivity index (χ3v) is 4.88. The minimum Gasteiger partial charge on any atom is -0.372 e. The van der Waals surface area contributed by atoms with Crippen LogP contribution in [0.1, 0.15) is 25.7 Å². The molecule has 0 saturated heterocycles. The molecule has 1 fully saturated rings. The number of rotatable bonds is 0. The number of benzene rings is 1. The number of nitrogens with zero attached hydrogens (tertiary/aromatic N) is 1. The first-order valence-corrected chi connectivity index (χ1v) is 7.23. The fourth-order valence-corrected chi connectivity index (χ4v) is 3.70. The second kappa shape index (κ2) is 4.26. The number of para-hydroxylation sites is 1. The smallest absolute Gasteiger partial charge is 0.232 e. The molecule has 0 atom stereocenters. The summed E-state index contributed by atoms with van der Waals surface area (Å²) < 4.78 is 0.954. The number of carbonyl (C=O) groups is 1. The molecule has 1 N–H and O–H groups in total. The van der Waals surface area contributed by atoms with Gasteiger partial charge in [-0.3, -0.25) is 4.79 Å². The van der Waals surface area contributed by atoms with Gasteiger partial charge < -0.3 is 10.2 Å². The SMILES string of the molecule is CN1CC2(CCCC2)C(=O)Nc2c(Br)cccc21. The second-order valence-corrected chi connectivity index (χ2v) is 6.29. The summed E-state index contributed by atoms with van der Waals surface area (Å²) in [5, 5.41) is 3.13. The molecule has 2 aliphatic rings. The highest BCUT2D eigenvalue weighted by Gasteiger charge is 2.44. The van der Waals surface area contributed by atoms with E-state index in [0.29, 0.717) is 0 Å². The van der Waals surface area contributed by atoms with Gasteiger partial charge in [0.15, 0.2) is 0 Å². The van der Waals surface area contributed by atoms with Crippen LogP contribution in [-0.4, -0.2) is 19.5 Å². The number of fused-ring (bicyclic) bond motifs is 1. The van der Waals surface area contributed by atoms with Crippen LogP contribution in [0.25, 0.3) is 0 Å². The fourth-order valence-electron chi connectivity index (χ4n) is 3.25. The monoisotopic (exact) mass is 308 g/mol. The van der Waals surface area contributed by atoms with Crippen molar-refractivity contribution in [2.24, 2.45) is 5.41 Å². The lowest BCUT2D eigenvalue weighted by atomic mass is 9.85. The largest absolute Gasteiger partial charge is 0.372 e. The van der Waals surface area contributed by atoms with Crippen molar-refractivity contribution >= 4 is 33.2 Å². The summed E-state index contributed by atoms with van der Waals surface area (Å²) in [6.07, 6.45) is 4.35. The molecule has 0 aromatic heterocycles. The Morgan fingerprint density at radius 2 is 2.06 bits per heavy atom. The van der Waals surface area contributed by atoms with Crippen LogP contribution in [0.4, 0.5) is 11.4 Å². The maximum atomic E-state index is 12.5. The summed E-state index contributed by atoms with van der Waals surface area (Å²) in [4.78, 5) is 14.8. The van der Waals surface area contributed by atoms with Gasteiger partial charge in [0, 0.05) is 18.1 Å². The molecule has 4 heteroatoms. The number of hydrogen-bond acceptors (Lipinski definition) is 2. The first-order chi connectivity index (χ1) is 8.62. The zero-order valence-corrected chi connectivity index (χ0v) is 12.1. The lowest BCUT2D eigenvalue weighted by molar-refractivity contribution is -0.124. The molecule has 1 aliphatic heterocycles. The Balaban J connectivity index is 2.06. The molecule has 1 heterocycles. The van der Waals surface area contributed by atoms with E-state index in [9.17, 15) is 4.79 Å². The topological polar surface area (TPSA) is 32.3 Å². The molecule has 3 rings (SSSR count). The lowest BCUT2D eigenvalue weighted by Crippen LogP contribution is -2.40. The predicted octanol–water partition coefficient (Wildman–Crippen LogP) is 3.40. The molecule has 18 heavy (non-hydrogen) atoms. The van der Waals surface area contributed by atoms with Crippen LogP contribution in [0.3, 0.4) is 0 Å². The Morgan fingerprint density at radius 1 is 1.33 bits per heavy atom. The van der Waals surface area contributed by atoms with Gasteiger partial charge in [-0.15, -0.1) is 0 Å². The normalized spacial score (nSPS) is 21.7. The quantitative estimate of drug-likeness (QED) is 0.796. The molecule has 3 nitrogen and oxygen atoms in total. The van der Waals surface area contributed by atoms with E-state index in [1.165, 1.54) is 12.8 Å². The van der Waals surface area contributed by atoms with E-state index in [1.807, 2.05) is 12.1 Å². The van der Waals surface area contributed by atoms with Crippen molar-refractivity contribution in [2.45, 2.75) is 25.7 Å². The van der Waals surface area contributed by atoms with Gasteiger partial charge in [-0.05, 0) is 40.9 Å². The molecule has 0 unspecified atom stereocenters. The van der Waals surface area contributed by atoms with Crippen LogP contribution in [0, 0.1) is 5.41 Å². The van der Waals surface area contributed by atoms with E-state index in [4.69, 9.17) is 0 Å². The molecule has 1 aromatic carbocycles. The van der Waals surface area contributed by atoms with E-state index in [2.05, 4.69) is 39.3 Å². The molecule has 96 valence electrons. The minimum atomic E-state index is -0.187. The van der Waals surface area contributed by atoms with Gasteiger partial charge in [-0.1, -0.05) is 18.9 Å². The molecule has 0 radical (unpaired) electrons. The summed E-state index contributed by atoms with van der Waals surface area (Å²) in [6, 6.07) is 6.05. The Kier molecular flexibility index (Phi) is 2.85. The van der Waals surface area contributed by atoms with Crippen molar-refractivity contribution in [2.75, 3.05) is 23.8 Å². The maximum Gasteiger partial charge on any atom is 0.232 e. The summed E-state index contributed by atoms with van der Waals surface area (Å²) in [5.74, 6) is 0.192. The number of anilines is 2. The Morgan fingerprint density at radius 3 is 2.78 bits per heavy atom. The average molecular weight is 309 g/mol. The van der Waals surface area contributed by atoms with Crippen molar-refractivity contribution in [3.05, 3.63) is 22.7 Å². The van der Waals surface area contributed by atoms with Crippen LogP contribution in [0.2, 0.25) is 0 Å². The van der Waals surface area contributed by atoms with E-state index in [1.54, 1.807) is 0 Å². The van der Waals surface area contributed by atoms with E-state index in [0.717, 1.165) is 35.2 Å². The van der Waals surface area contributed by atoms with E-state index < -0.39 is 0 Å². The highest BCUT2D eigenvalue weighted by atomic mass is 79.9. The van der Waals surface area contributed by atoms with Crippen LogP contribution in [0.5, 0.6) is 0 Å². The molecule has 1 aliphatic carbocycles. The number of halogens is 1. The Labute approximate surface area is 116 Å². The van der Waals surface area contributed by atoms with Crippen molar-refractivity contribution < 1.29 is 4.79 Å². The highest BCUT2D eigenvalue weighted by Crippen LogP contribution is 2.45. The third-order valence-electron chi connectivity index (χ3n) is 4.22. The summed E-state index contributed by atoms with van der Waals surface area (Å²) in [7, 11) is 2.08. The number of hydrogen-bond donors (Lipinski definition) is 1. The zero-order chi connectivity index (χ0) is 12.8. The van der Waals surface area contributed by atoms with Crippen molar-refractivity contribution in [1.29, 1.82) is 0 Å². The number of nitrogens with one attached hydrogen (secondary N) is 1. The van der Waals surface area contributed by atoms with Crippen molar-refractivity contribution in [3.8, 4) is 0 Å². The Hall–Kier alpha value is -1.03. The van der Waals surface area contributed by atoms with Crippen LogP contribution >= 0.6 is 15.9 Å². The first-order valence-electron chi connectivity index (χ1n) is 6.43. The maximum absolute atomic E-state index is 12.5. The number of amides is 1. The summed E-state index contributed by atoms with van der Waals surface area (Å²) in [5.41, 5.74) is 1.82. The number of carbonyl (C=O) groups excluding carboxylic acids is 1. The minimum absolute atomic E-state index is 0.187. The molecular weight excluding hydrogens is 292 g/mol. The van der Waals surface area contributed by atoms with Gasteiger partial charge in [-0.25, -0.2) is 0 Å². The molecule has 1 amide bonds.